The molecule has 1 heterocycles. The van der Waals surface area contributed by atoms with Crippen LogP contribution in [0.25, 0.3) is 0 Å². The van der Waals surface area contributed by atoms with Gasteiger partial charge in [0.25, 0.3) is 0 Å². The van der Waals surface area contributed by atoms with Crippen molar-refractivity contribution in [3.8, 4) is 23.7 Å². The van der Waals surface area contributed by atoms with Crippen molar-refractivity contribution in [1.29, 1.82) is 0 Å². The zero-order chi connectivity index (χ0) is 15.7. The molecule has 0 saturated heterocycles. The summed E-state index contributed by atoms with van der Waals surface area (Å²) in [6.07, 6.45) is 0.0148. The fraction of sp³-hybridized carbons (Fsp3) is 0.375. The van der Waals surface area contributed by atoms with E-state index in [4.69, 9.17) is 9.47 Å². The number of hydrogen-bond donors (Lipinski definition) is 0. The Morgan fingerprint density at radius 3 is 2.29 bits per heavy atom. The van der Waals surface area contributed by atoms with Crippen LogP contribution < -0.4 is 0 Å². The smallest absolute Gasteiger partial charge is 0.325 e. The summed E-state index contributed by atoms with van der Waals surface area (Å²) in [6.45, 7) is 1.64. The molecular weight excluding hydrogens is 288 g/mol. The normalized spacial score (nSPS) is 9.67. The number of carbonyl (C=O) groups excluding carboxylic acids is 2. The van der Waals surface area contributed by atoms with E-state index >= 15 is 0 Å². The molecule has 0 radical (unpaired) electrons. The molecular formula is C16H16O4S. The minimum Gasteiger partial charge on any atom is -0.468 e. The van der Waals surface area contributed by atoms with Gasteiger partial charge in [0.05, 0.1) is 19.1 Å². The van der Waals surface area contributed by atoms with Crippen molar-refractivity contribution < 1.29 is 19.1 Å². The van der Waals surface area contributed by atoms with E-state index in [9.17, 15) is 9.59 Å². The molecule has 0 bridgehead atoms. The maximum Gasteiger partial charge on any atom is 0.325 e. The summed E-state index contributed by atoms with van der Waals surface area (Å²) in [4.78, 5) is 25.0. The Hall–Kier alpha value is -2.24. The summed E-state index contributed by atoms with van der Waals surface area (Å²) >= 11 is 1.49. The lowest BCUT2D eigenvalue weighted by Gasteiger charge is -2.23. The lowest BCUT2D eigenvalue weighted by Crippen LogP contribution is -2.40. The largest absolute Gasteiger partial charge is 0.468 e. The van der Waals surface area contributed by atoms with Crippen molar-refractivity contribution in [2.75, 3.05) is 14.2 Å². The molecule has 0 saturated carbocycles. The molecule has 0 aliphatic carbocycles. The van der Waals surface area contributed by atoms with Crippen LogP contribution in [-0.2, 0) is 19.1 Å². The van der Waals surface area contributed by atoms with Gasteiger partial charge in [0.2, 0.25) is 0 Å². The third-order valence-corrected chi connectivity index (χ3v) is 3.63. The van der Waals surface area contributed by atoms with Gasteiger partial charge in [0, 0.05) is 12.8 Å². The molecule has 0 N–H and O–H groups in total. The zero-order valence-electron chi connectivity index (χ0n) is 12.2. The van der Waals surface area contributed by atoms with Crippen molar-refractivity contribution in [2.45, 2.75) is 19.8 Å². The number of rotatable bonds is 4. The van der Waals surface area contributed by atoms with Gasteiger partial charge in [-0.05, 0) is 18.4 Å². The Kier molecular flexibility index (Phi) is 6.52. The summed E-state index contributed by atoms with van der Waals surface area (Å²) in [6, 6.07) is 3.74. The Morgan fingerprint density at radius 1 is 1.19 bits per heavy atom. The van der Waals surface area contributed by atoms with Crippen LogP contribution in [0.1, 0.15) is 24.6 Å². The molecule has 4 nitrogen and oxygen atoms in total. The minimum atomic E-state index is -1.50. The van der Waals surface area contributed by atoms with Crippen LogP contribution in [0.2, 0.25) is 0 Å². The number of ether oxygens (including phenoxy) is 2. The van der Waals surface area contributed by atoms with Gasteiger partial charge in [0.1, 0.15) is 0 Å². The van der Waals surface area contributed by atoms with Crippen LogP contribution in [0.4, 0.5) is 0 Å². The third-order valence-electron chi connectivity index (χ3n) is 2.84. The standard InChI is InChI=1S/C16H16O4S/c1-4-5-10-16(14(17)19-2,15(18)20-3)11-6-8-13-9-7-12-21-13/h7,9,12H,10-11H2,1-3H3. The number of thiophene rings is 1. The quantitative estimate of drug-likeness (QED) is 0.486. The van der Waals surface area contributed by atoms with E-state index in [1.807, 2.05) is 17.5 Å². The Balaban J connectivity index is 3.10. The van der Waals surface area contributed by atoms with Crippen LogP contribution in [0.15, 0.2) is 17.5 Å². The van der Waals surface area contributed by atoms with Gasteiger partial charge in [-0.25, -0.2) is 0 Å². The van der Waals surface area contributed by atoms with Crippen LogP contribution in [0, 0.1) is 29.1 Å². The predicted octanol–water partition coefficient (Wildman–Crippen LogP) is 2.24. The van der Waals surface area contributed by atoms with Crippen molar-refractivity contribution >= 4 is 23.3 Å². The van der Waals surface area contributed by atoms with Gasteiger partial charge in [-0.15, -0.1) is 23.2 Å². The van der Waals surface area contributed by atoms with Crippen LogP contribution in [0.3, 0.4) is 0 Å². The highest BCUT2D eigenvalue weighted by Gasteiger charge is 2.47. The molecule has 1 aromatic rings. The second-order valence-corrected chi connectivity index (χ2v) is 5.07. The van der Waals surface area contributed by atoms with Gasteiger partial charge in [0.15, 0.2) is 5.41 Å². The molecule has 21 heavy (non-hydrogen) atoms. The lowest BCUT2D eigenvalue weighted by atomic mass is 9.81. The van der Waals surface area contributed by atoms with Crippen molar-refractivity contribution in [1.82, 2.24) is 0 Å². The highest BCUT2D eigenvalue weighted by Crippen LogP contribution is 2.29. The van der Waals surface area contributed by atoms with E-state index < -0.39 is 17.4 Å². The summed E-state index contributed by atoms with van der Waals surface area (Å²) in [7, 11) is 2.46. The van der Waals surface area contributed by atoms with E-state index in [2.05, 4.69) is 23.7 Å². The van der Waals surface area contributed by atoms with E-state index in [0.29, 0.717) is 0 Å². The summed E-state index contributed by atoms with van der Waals surface area (Å²) in [5.41, 5.74) is -1.50. The maximum atomic E-state index is 12.1. The first-order valence-corrected chi connectivity index (χ1v) is 7.07. The molecule has 5 heteroatoms. The molecule has 0 atom stereocenters. The topological polar surface area (TPSA) is 52.6 Å². The molecule has 0 amide bonds. The SMILES string of the molecule is CC#CCC(CC#Cc1cccs1)(C(=O)OC)C(=O)OC. The summed E-state index contributed by atoms with van der Waals surface area (Å²) in [5, 5.41) is 1.90. The first-order chi connectivity index (χ1) is 10.1. The summed E-state index contributed by atoms with van der Waals surface area (Å²) < 4.78 is 9.50. The van der Waals surface area contributed by atoms with E-state index in [1.165, 1.54) is 25.6 Å². The first kappa shape index (κ1) is 16.8. The number of methoxy groups -OCH3 is 2. The number of esters is 2. The Bertz CT molecular complexity index is 592. The van der Waals surface area contributed by atoms with Gasteiger partial charge in [-0.1, -0.05) is 17.9 Å². The second-order valence-electron chi connectivity index (χ2n) is 4.12. The molecule has 0 aromatic carbocycles. The maximum absolute atomic E-state index is 12.1. The van der Waals surface area contributed by atoms with Crippen molar-refractivity contribution in [3.05, 3.63) is 22.4 Å². The highest BCUT2D eigenvalue weighted by atomic mass is 32.1. The molecule has 0 unspecified atom stereocenters. The minimum absolute atomic E-state index is 0.00106. The fourth-order valence-corrected chi connectivity index (χ4v) is 2.29. The average Bonchev–Trinajstić information content (AvgIpc) is 3.02. The first-order valence-electron chi connectivity index (χ1n) is 6.19. The zero-order valence-corrected chi connectivity index (χ0v) is 13.0. The number of carbonyl (C=O) groups is 2. The summed E-state index contributed by atoms with van der Waals surface area (Å²) in [5.74, 6) is 9.83. The predicted molar refractivity (Wildman–Crippen MR) is 80.3 cm³/mol. The Morgan fingerprint density at radius 2 is 1.81 bits per heavy atom. The fourth-order valence-electron chi connectivity index (χ4n) is 1.70. The molecule has 1 aromatic heterocycles. The monoisotopic (exact) mass is 304 g/mol. The molecule has 0 aliphatic heterocycles. The third kappa shape index (κ3) is 4.11. The Labute approximate surface area is 128 Å². The lowest BCUT2D eigenvalue weighted by molar-refractivity contribution is -0.168. The average molecular weight is 304 g/mol. The highest BCUT2D eigenvalue weighted by molar-refractivity contribution is 7.10. The molecule has 0 fully saturated rings. The molecule has 1 rings (SSSR count). The van der Waals surface area contributed by atoms with Crippen LogP contribution in [0.5, 0.6) is 0 Å². The van der Waals surface area contributed by atoms with E-state index in [0.717, 1.165) is 4.88 Å². The van der Waals surface area contributed by atoms with E-state index in [-0.39, 0.29) is 12.8 Å². The van der Waals surface area contributed by atoms with E-state index in [1.54, 1.807) is 6.92 Å². The number of hydrogen-bond acceptors (Lipinski definition) is 5. The van der Waals surface area contributed by atoms with Crippen molar-refractivity contribution in [3.63, 3.8) is 0 Å². The van der Waals surface area contributed by atoms with Gasteiger partial charge in [-0.3, -0.25) is 9.59 Å². The van der Waals surface area contributed by atoms with Gasteiger partial charge in [-0.2, -0.15) is 0 Å². The van der Waals surface area contributed by atoms with Crippen molar-refractivity contribution in [2.24, 2.45) is 5.41 Å². The molecule has 110 valence electrons. The molecule has 0 aliphatic rings. The van der Waals surface area contributed by atoms with Gasteiger partial charge < -0.3 is 9.47 Å². The second kappa shape index (κ2) is 8.14. The molecule has 0 spiro atoms. The van der Waals surface area contributed by atoms with Crippen LogP contribution in [-0.4, -0.2) is 26.2 Å². The van der Waals surface area contributed by atoms with Gasteiger partial charge >= 0.3 is 11.9 Å². The van der Waals surface area contributed by atoms with Crippen LogP contribution >= 0.6 is 11.3 Å².